The average molecular weight is 244 g/mol. The summed E-state index contributed by atoms with van der Waals surface area (Å²) in [6, 6.07) is 0. The monoisotopic (exact) mass is 244 g/mol. The highest BCUT2D eigenvalue weighted by molar-refractivity contribution is 4.66. The zero-order valence-corrected chi connectivity index (χ0v) is 11.8. The molecule has 0 saturated carbocycles. The van der Waals surface area contributed by atoms with Gasteiger partial charge in [0.2, 0.25) is 0 Å². The van der Waals surface area contributed by atoms with Gasteiger partial charge in [0.25, 0.3) is 0 Å². The van der Waals surface area contributed by atoms with Crippen LogP contribution in [0, 0.1) is 11.8 Å². The van der Waals surface area contributed by atoms with E-state index < -0.39 is 0 Å². The van der Waals surface area contributed by atoms with Crippen LogP contribution in [0.25, 0.3) is 0 Å². The van der Waals surface area contributed by atoms with Crippen LogP contribution in [0.5, 0.6) is 0 Å². The number of hydrazine groups is 1. The van der Waals surface area contributed by atoms with Crippen molar-refractivity contribution in [3.63, 3.8) is 0 Å². The van der Waals surface area contributed by atoms with E-state index in [1.54, 1.807) is 0 Å². The molecule has 5 heteroatoms. The third-order valence-corrected chi connectivity index (χ3v) is 3.57. The van der Waals surface area contributed by atoms with Crippen LogP contribution in [0.4, 0.5) is 0 Å². The summed E-state index contributed by atoms with van der Waals surface area (Å²) < 4.78 is 0.644. The number of rotatable bonds is 3. The molecule has 17 heavy (non-hydrogen) atoms. The zero-order chi connectivity index (χ0) is 12.7. The fourth-order valence-corrected chi connectivity index (χ4v) is 2.16. The smallest absolute Gasteiger partial charge is 0.108 e. The highest BCUT2D eigenvalue weighted by atomic mass is 15.8. The fraction of sp³-hybridized carbons (Fsp3) is 1.00. The quantitative estimate of drug-likeness (QED) is 0.549. The summed E-state index contributed by atoms with van der Waals surface area (Å²) in [4.78, 5) is 0. The Labute approximate surface area is 106 Å². The molecule has 2 unspecified atom stereocenters. The molecule has 0 bridgehead atoms. The van der Waals surface area contributed by atoms with Crippen LogP contribution in [0.2, 0.25) is 0 Å². The molecule has 0 aromatic carbocycles. The Morgan fingerprint density at radius 3 is 2.71 bits per heavy atom. The van der Waals surface area contributed by atoms with E-state index >= 15 is 0 Å². The third kappa shape index (κ3) is 6.33. The molecule has 1 rings (SSSR count). The van der Waals surface area contributed by atoms with Gasteiger partial charge in [0.15, 0.2) is 0 Å². The summed E-state index contributed by atoms with van der Waals surface area (Å²) in [5.41, 5.74) is 13.4. The van der Waals surface area contributed by atoms with Crippen molar-refractivity contribution in [1.29, 1.82) is 0 Å². The van der Waals surface area contributed by atoms with Gasteiger partial charge in [0.05, 0.1) is 0 Å². The molecule has 0 spiro atoms. The number of hydrogen-bond acceptors (Lipinski definition) is 4. The summed E-state index contributed by atoms with van der Waals surface area (Å²) in [6.45, 7) is 7.50. The standard InChI is InChI=1S/C12H30N5/c1-5-11(2)8-12-6-7-15-17(3,4)16-10-14-13-9-12/h11-16H,5-10H2,1-4H3/q+1. The lowest BCUT2D eigenvalue weighted by atomic mass is 9.91. The van der Waals surface area contributed by atoms with Gasteiger partial charge >= 0.3 is 0 Å². The molecular formula is C12H30N5+. The molecule has 0 aliphatic carbocycles. The van der Waals surface area contributed by atoms with Gasteiger partial charge in [-0.1, -0.05) is 20.3 Å². The van der Waals surface area contributed by atoms with Crippen molar-refractivity contribution in [2.24, 2.45) is 11.8 Å². The maximum Gasteiger partial charge on any atom is 0.108 e. The number of hydrogen-bond donors (Lipinski definition) is 4. The largest absolute Gasteiger partial charge is 0.256 e. The molecule has 0 radical (unpaired) electrons. The van der Waals surface area contributed by atoms with E-state index in [1.807, 2.05) is 0 Å². The van der Waals surface area contributed by atoms with Crippen molar-refractivity contribution in [1.82, 2.24) is 21.7 Å². The highest BCUT2D eigenvalue weighted by Crippen LogP contribution is 2.17. The predicted molar refractivity (Wildman–Crippen MR) is 71.4 cm³/mol. The van der Waals surface area contributed by atoms with E-state index in [2.05, 4.69) is 49.6 Å². The van der Waals surface area contributed by atoms with Crippen LogP contribution in [0.3, 0.4) is 0 Å². The minimum Gasteiger partial charge on any atom is -0.256 e. The van der Waals surface area contributed by atoms with Gasteiger partial charge in [-0.15, -0.1) is 10.9 Å². The van der Waals surface area contributed by atoms with Crippen LogP contribution in [0.1, 0.15) is 33.1 Å². The van der Waals surface area contributed by atoms with E-state index in [0.717, 1.165) is 31.6 Å². The van der Waals surface area contributed by atoms with Gasteiger partial charge in [0.1, 0.15) is 20.8 Å². The Morgan fingerprint density at radius 2 is 2.00 bits per heavy atom. The van der Waals surface area contributed by atoms with E-state index in [1.165, 1.54) is 19.3 Å². The molecule has 2 atom stereocenters. The predicted octanol–water partition coefficient (Wildman–Crippen LogP) is 0.580. The molecule has 0 amide bonds. The third-order valence-electron chi connectivity index (χ3n) is 3.57. The van der Waals surface area contributed by atoms with E-state index in [9.17, 15) is 0 Å². The molecular weight excluding hydrogens is 214 g/mol. The first kappa shape index (κ1) is 14.9. The molecule has 4 N–H and O–H groups in total. The lowest BCUT2D eigenvalue weighted by Crippen LogP contribution is -2.64. The molecule has 1 aliphatic heterocycles. The zero-order valence-electron chi connectivity index (χ0n) is 11.8. The molecule has 1 saturated heterocycles. The number of nitrogens with zero attached hydrogens (tertiary/aromatic N) is 1. The molecule has 5 nitrogen and oxygen atoms in total. The number of nitrogens with one attached hydrogen (secondary N) is 4. The lowest BCUT2D eigenvalue weighted by molar-refractivity contribution is -0.976. The highest BCUT2D eigenvalue weighted by Gasteiger charge is 2.18. The fourth-order valence-electron chi connectivity index (χ4n) is 2.16. The van der Waals surface area contributed by atoms with Gasteiger partial charge in [-0.25, -0.2) is 5.43 Å². The van der Waals surface area contributed by atoms with Crippen LogP contribution in [-0.4, -0.2) is 38.6 Å². The van der Waals surface area contributed by atoms with Crippen molar-refractivity contribution >= 4 is 0 Å². The average Bonchev–Trinajstić information content (AvgIpc) is 2.27. The van der Waals surface area contributed by atoms with Crippen molar-refractivity contribution in [2.75, 3.05) is 33.9 Å². The second kappa shape index (κ2) is 7.28. The molecule has 0 aromatic heterocycles. The molecule has 1 heterocycles. The Balaban J connectivity index is 2.39. The first-order valence-electron chi connectivity index (χ1n) is 6.83. The van der Waals surface area contributed by atoms with E-state index in [0.29, 0.717) is 4.70 Å². The van der Waals surface area contributed by atoms with Crippen molar-refractivity contribution in [3.05, 3.63) is 0 Å². The normalized spacial score (nSPS) is 28.6. The summed E-state index contributed by atoms with van der Waals surface area (Å²) in [5, 5.41) is 0. The lowest BCUT2D eigenvalue weighted by Gasteiger charge is -2.32. The second-order valence-corrected chi connectivity index (χ2v) is 5.66. The van der Waals surface area contributed by atoms with Gasteiger partial charge in [0, 0.05) is 13.1 Å². The Hall–Kier alpha value is -0.200. The maximum atomic E-state index is 3.51. The van der Waals surface area contributed by atoms with Crippen LogP contribution < -0.4 is 21.7 Å². The first-order valence-corrected chi connectivity index (χ1v) is 6.83. The first-order chi connectivity index (χ1) is 8.03. The van der Waals surface area contributed by atoms with Gasteiger partial charge in [-0.05, 0) is 24.7 Å². The van der Waals surface area contributed by atoms with Gasteiger partial charge < -0.3 is 0 Å². The summed E-state index contributed by atoms with van der Waals surface area (Å²) in [6.07, 6.45) is 3.82. The molecule has 102 valence electrons. The van der Waals surface area contributed by atoms with Crippen LogP contribution >= 0.6 is 0 Å². The number of quaternary nitrogens is 1. The Morgan fingerprint density at radius 1 is 1.24 bits per heavy atom. The molecule has 1 fully saturated rings. The van der Waals surface area contributed by atoms with E-state index in [4.69, 9.17) is 0 Å². The Bertz CT molecular complexity index is 207. The maximum absolute atomic E-state index is 3.51. The van der Waals surface area contributed by atoms with Crippen molar-refractivity contribution < 1.29 is 4.70 Å². The molecule has 0 aromatic rings. The summed E-state index contributed by atoms with van der Waals surface area (Å²) >= 11 is 0. The topological polar surface area (TPSA) is 48.1 Å². The van der Waals surface area contributed by atoms with Crippen molar-refractivity contribution in [3.8, 4) is 0 Å². The second-order valence-electron chi connectivity index (χ2n) is 5.66. The SMILES string of the molecule is CCC(C)CC1CCN[N+](C)(C)NCNNC1. The summed E-state index contributed by atoms with van der Waals surface area (Å²) in [5.74, 6) is 1.58. The van der Waals surface area contributed by atoms with Gasteiger partial charge in [-0.2, -0.15) is 4.70 Å². The van der Waals surface area contributed by atoms with Crippen LogP contribution in [0.15, 0.2) is 0 Å². The summed E-state index contributed by atoms with van der Waals surface area (Å²) in [7, 11) is 4.24. The van der Waals surface area contributed by atoms with Gasteiger partial charge in [-0.3, -0.25) is 5.43 Å². The Kier molecular flexibility index (Phi) is 6.37. The minimum atomic E-state index is 0.644. The van der Waals surface area contributed by atoms with Crippen molar-refractivity contribution in [2.45, 2.75) is 33.1 Å². The van der Waals surface area contributed by atoms with Crippen LogP contribution in [-0.2, 0) is 0 Å². The van der Waals surface area contributed by atoms with E-state index in [-0.39, 0.29) is 0 Å². The molecule has 1 aliphatic rings. The minimum absolute atomic E-state index is 0.644.